The van der Waals surface area contributed by atoms with E-state index in [4.69, 9.17) is 0 Å². The van der Waals surface area contributed by atoms with Crippen LogP contribution in [0.2, 0.25) is 0 Å². The molecule has 0 radical (unpaired) electrons. The number of rotatable bonds is 3. The van der Waals surface area contributed by atoms with Gasteiger partial charge in [0.15, 0.2) is 5.82 Å². The van der Waals surface area contributed by atoms with Crippen LogP contribution in [-0.4, -0.2) is 19.5 Å². The van der Waals surface area contributed by atoms with Gasteiger partial charge in [-0.2, -0.15) is 9.50 Å². The first kappa shape index (κ1) is 14.7. The van der Waals surface area contributed by atoms with Crippen molar-refractivity contribution in [3.8, 4) is 10.7 Å². The number of hydrogen-bond donors (Lipinski definition) is 0. The molecular weight excluding hydrogens is 348 g/mol. The van der Waals surface area contributed by atoms with Gasteiger partial charge in [-0.25, -0.2) is 0 Å². The van der Waals surface area contributed by atoms with Crippen LogP contribution in [0.15, 0.2) is 46.6 Å². The Morgan fingerprint density at radius 1 is 1.25 bits per heavy atom. The van der Waals surface area contributed by atoms with Crippen LogP contribution in [0.5, 0.6) is 0 Å². The zero-order chi connectivity index (χ0) is 16.7. The second kappa shape index (κ2) is 5.62. The van der Waals surface area contributed by atoms with E-state index in [0.717, 1.165) is 4.88 Å². The maximum atomic E-state index is 12.4. The van der Waals surface area contributed by atoms with Gasteiger partial charge in [0.25, 0.3) is 11.2 Å². The van der Waals surface area contributed by atoms with Crippen LogP contribution in [-0.2, 0) is 0 Å². The fourth-order valence-electron chi connectivity index (χ4n) is 2.22. The third-order valence-corrected chi connectivity index (χ3v) is 5.13. The zero-order valence-electron chi connectivity index (χ0n) is 11.9. The molecule has 0 fully saturated rings. The molecule has 9 heteroatoms. The largest absolute Gasteiger partial charge is 0.291 e. The van der Waals surface area contributed by atoms with Crippen LogP contribution < -0.4 is 10.1 Å². The Labute approximate surface area is 142 Å². The molecule has 0 aliphatic heterocycles. The quantitative estimate of drug-likeness (QED) is 0.415. The maximum absolute atomic E-state index is 12.4. The first-order chi connectivity index (χ1) is 11.6. The van der Waals surface area contributed by atoms with Crippen molar-refractivity contribution >= 4 is 39.4 Å². The van der Waals surface area contributed by atoms with Gasteiger partial charge in [-0.1, -0.05) is 29.5 Å². The van der Waals surface area contributed by atoms with E-state index < -0.39 is 4.92 Å². The smallest absolute Gasteiger partial charge is 0.266 e. The SMILES string of the molecule is O=c1/c(=C/c2cccc([N+](=O)[O-])c2)sc2nc(-c3cccs3)nn12. The van der Waals surface area contributed by atoms with Crippen molar-refractivity contribution in [2.45, 2.75) is 0 Å². The number of nitro groups is 1. The van der Waals surface area contributed by atoms with Crippen molar-refractivity contribution in [2.24, 2.45) is 0 Å². The summed E-state index contributed by atoms with van der Waals surface area (Å²) < 4.78 is 1.70. The Morgan fingerprint density at radius 2 is 2.12 bits per heavy atom. The minimum Gasteiger partial charge on any atom is -0.266 e. The van der Waals surface area contributed by atoms with Crippen LogP contribution in [0.1, 0.15) is 5.56 Å². The summed E-state index contributed by atoms with van der Waals surface area (Å²) in [7, 11) is 0. The minimum absolute atomic E-state index is 0.0179. The fourth-order valence-corrected chi connectivity index (χ4v) is 3.78. The summed E-state index contributed by atoms with van der Waals surface area (Å²) in [6, 6.07) is 9.91. The second-order valence-electron chi connectivity index (χ2n) is 4.87. The van der Waals surface area contributed by atoms with E-state index in [9.17, 15) is 14.9 Å². The number of fused-ring (bicyclic) bond motifs is 1. The molecule has 3 heterocycles. The van der Waals surface area contributed by atoms with Crippen molar-refractivity contribution in [3.05, 3.63) is 72.3 Å². The fraction of sp³-hybridized carbons (Fsp3) is 0. The standard InChI is InChI=1S/C15H8N4O3S2/c20-14-12(8-9-3-1-4-10(7-9)19(21)22)24-15-16-13(17-18(14)15)11-5-2-6-23-11/h1-8H/b12-8-. The number of nitrogens with zero attached hydrogens (tertiary/aromatic N) is 4. The van der Waals surface area contributed by atoms with Crippen molar-refractivity contribution in [2.75, 3.05) is 0 Å². The Kier molecular flexibility index (Phi) is 3.44. The highest BCUT2D eigenvalue weighted by Gasteiger charge is 2.12. The van der Waals surface area contributed by atoms with Gasteiger partial charge >= 0.3 is 0 Å². The molecule has 7 nitrogen and oxygen atoms in total. The molecule has 4 rings (SSSR count). The molecule has 0 spiro atoms. The summed E-state index contributed by atoms with van der Waals surface area (Å²) in [6.45, 7) is 0. The van der Waals surface area contributed by atoms with Crippen molar-refractivity contribution in [3.63, 3.8) is 0 Å². The maximum Gasteiger partial charge on any atom is 0.291 e. The molecule has 0 amide bonds. The summed E-state index contributed by atoms with van der Waals surface area (Å²) in [4.78, 5) is 28.6. The molecule has 0 N–H and O–H groups in total. The molecule has 0 aliphatic carbocycles. The Hall–Kier alpha value is -2.91. The molecule has 118 valence electrons. The van der Waals surface area contributed by atoms with Gasteiger partial charge in [-0.15, -0.1) is 16.4 Å². The molecular formula is C15H8N4O3S2. The van der Waals surface area contributed by atoms with Crippen LogP contribution in [0.3, 0.4) is 0 Å². The lowest BCUT2D eigenvalue weighted by molar-refractivity contribution is -0.384. The van der Waals surface area contributed by atoms with E-state index in [0.29, 0.717) is 20.9 Å². The summed E-state index contributed by atoms with van der Waals surface area (Å²) in [6.07, 6.45) is 1.61. The van der Waals surface area contributed by atoms with E-state index >= 15 is 0 Å². The molecule has 0 aliphatic rings. The predicted molar refractivity (Wildman–Crippen MR) is 92.3 cm³/mol. The number of hydrogen-bond acceptors (Lipinski definition) is 7. The summed E-state index contributed by atoms with van der Waals surface area (Å²) in [5.41, 5.74) is 0.289. The summed E-state index contributed by atoms with van der Waals surface area (Å²) >= 11 is 2.71. The van der Waals surface area contributed by atoms with E-state index in [-0.39, 0.29) is 11.2 Å². The molecule has 0 saturated carbocycles. The lowest BCUT2D eigenvalue weighted by atomic mass is 10.2. The van der Waals surface area contributed by atoms with E-state index in [1.807, 2.05) is 17.5 Å². The number of thiophene rings is 1. The summed E-state index contributed by atoms with van der Waals surface area (Å²) in [5, 5.41) is 17.0. The van der Waals surface area contributed by atoms with Gasteiger partial charge in [-0.05, 0) is 23.1 Å². The molecule has 0 atom stereocenters. The topological polar surface area (TPSA) is 90.4 Å². The van der Waals surface area contributed by atoms with Crippen LogP contribution in [0.4, 0.5) is 5.69 Å². The van der Waals surface area contributed by atoms with Gasteiger partial charge in [0, 0.05) is 12.1 Å². The highest BCUT2D eigenvalue weighted by atomic mass is 32.1. The monoisotopic (exact) mass is 356 g/mol. The van der Waals surface area contributed by atoms with E-state index in [1.165, 1.54) is 39.3 Å². The number of thiazole rings is 1. The zero-order valence-corrected chi connectivity index (χ0v) is 13.6. The van der Waals surface area contributed by atoms with Crippen molar-refractivity contribution < 1.29 is 4.92 Å². The lowest BCUT2D eigenvalue weighted by Gasteiger charge is -1.92. The van der Waals surface area contributed by atoms with Crippen LogP contribution in [0, 0.1) is 10.1 Å². The molecule has 0 unspecified atom stereocenters. The molecule has 24 heavy (non-hydrogen) atoms. The van der Waals surface area contributed by atoms with Gasteiger partial charge < -0.3 is 0 Å². The van der Waals surface area contributed by atoms with Gasteiger partial charge in [0.05, 0.1) is 14.3 Å². The van der Waals surface area contributed by atoms with Gasteiger partial charge in [0.1, 0.15) is 0 Å². The molecule has 0 bridgehead atoms. The van der Waals surface area contributed by atoms with E-state index in [2.05, 4.69) is 10.1 Å². The highest BCUT2D eigenvalue weighted by molar-refractivity contribution is 7.15. The average Bonchev–Trinajstić information content (AvgIpc) is 3.27. The van der Waals surface area contributed by atoms with Gasteiger partial charge in [0.2, 0.25) is 4.96 Å². The number of nitro benzene ring substituents is 1. The van der Waals surface area contributed by atoms with Crippen LogP contribution in [0.25, 0.3) is 21.7 Å². The molecule has 3 aromatic heterocycles. The second-order valence-corrected chi connectivity index (χ2v) is 6.83. The highest BCUT2D eigenvalue weighted by Crippen LogP contribution is 2.21. The van der Waals surface area contributed by atoms with E-state index in [1.54, 1.807) is 18.2 Å². The van der Waals surface area contributed by atoms with Crippen LogP contribution >= 0.6 is 22.7 Å². The lowest BCUT2D eigenvalue weighted by Crippen LogP contribution is -2.23. The Bertz CT molecular complexity index is 1160. The molecule has 1 aromatic carbocycles. The third kappa shape index (κ3) is 2.49. The molecule has 4 aromatic rings. The van der Waals surface area contributed by atoms with Crippen molar-refractivity contribution in [1.82, 2.24) is 14.6 Å². The first-order valence-corrected chi connectivity index (χ1v) is 8.51. The van der Waals surface area contributed by atoms with Crippen molar-refractivity contribution in [1.29, 1.82) is 0 Å². The average molecular weight is 356 g/mol. The number of non-ortho nitro benzene ring substituents is 1. The predicted octanol–water partition coefficient (Wildman–Crippen LogP) is 2.34. The Morgan fingerprint density at radius 3 is 2.83 bits per heavy atom. The number of aromatic nitrogens is 3. The number of benzene rings is 1. The normalized spacial score (nSPS) is 12.1. The third-order valence-electron chi connectivity index (χ3n) is 3.30. The van der Waals surface area contributed by atoms with Gasteiger partial charge in [-0.3, -0.25) is 14.9 Å². The molecule has 0 saturated heterocycles. The Balaban J connectivity index is 1.82. The summed E-state index contributed by atoms with van der Waals surface area (Å²) in [5.74, 6) is 0.523. The first-order valence-electron chi connectivity index (χ1n) is 6.81. The minimum atomic E-state index is -0.467.